The van der Waals surface area contributed by atoms with Crippen molar-refractivity contribution in [2.24, 2.45) is 0 Å². The molecule has 3 heterocycles. The molecule has 2 aliphatic rings. The summed E-state index contributed by atoms with van der Waals surface area (Å²) in [5, 5.41) is 2.80. The van der Waals surface area contributed by atoms with Gasteiger partial charge in [-0.15, -0.1) is 0 Å². The quantitative estimate of drug-likeness (QED) is 0.758. The van der Waals surface area contributed by atoms with Crippen LogP contribution in [0.5, 0.6) is 0 Å². The van der Waals surface area contributed by atoms with Crippen molar-refractivity contribution in [3.63, 3.8) is 0 Å². The van der Waals surface area contributed by atoms with Gasteiger partial charge in [-0.05, 0) is 18.6 Å². The van der Waals surface area contributed by atoms with Crippen LogP contribution in [0.4, 0.5) is 0 Å². The van der Waals surface area contributed by atoms with E-state index in [4.69, 9.17) is 4.74 Å². The molecule has 1 saturated heterocycles. The van der Waals surface area contributed by atoms with Gasteiger partial charge in [0.2, 0.25) is 10.0 Å². The first-order chi connectivity index (χ1) is 12.2. The van der Waals surface area contributed by atoms with Gasteiger partial charge in [-0.2, -0.15) is 0 Å². The Balaban J connectivity index is 1.77. The molecule has 0 aromatic carbocycles. The van der Waals surface area contributed by atoms with Crippen LogP contribution in [0.1, 0.15) is 25.3 Å². The zero-order valence-electron chi connectivity index (χ0n) is 14.7. The fourth-order valence-electron chi connectivity index (χ4n) is 3.43. The molecule has 0 unspecified atom stereocenters. The monoisotopic (exact) mass is 379 g/mol. The van der Waals surface area contributed by atoms with Crippen molar-refractivity contribution in [1.29, 1.82) is 0 Å². The summed E-state index contributed by atoms with van der Waals surface area (Å²) in [6.07, 6.45) is 4.97. The number of hydrogen-bond donors (Lipinski definition) is 1. The van der Waals surface area contributed by atoms with E-state index in [0.717, 1.165) is 11.8 Å². The highest BCUT2D eigenvalue weighted by Crippen LogP contribution is 2.41. The third-order valence-corrected chi connectivity index (χ3v) is 6.13. The highest BCUT2D eigenvalue weighted by molar-refractivity contribution is 7.88. The van der Waals surface area contributed by atoms with Gasteiger partial charge in [0.25, 0.3) is 5.91 Å². The second-order valence-electron chi connectivity index (χ2n) is 6.59. The van der Waals surface area contributed by atoms with Crippen LogP contribution in [-0.2, 0) is 30.9 Å². The Morgan fingerprint density at radius 1 is 1.38 bits per heavy atom. The van der Waals surface area contributed by atoms with Crippen molar-refractivity contribution in [3.05, 3.63) is 41.2 Å². The average Bonchev–Trinajstić information content (AvgIpc) is 2.83. The zero-order chi connectivity index (χ0) is 18.9. The summed E-state index contributed by atoms with van der Waals surface area (Å²) in [7, 11) is -3.31. The van der Waals surface area contributed by atoms with Crippen LogP contribution < -0.4 is 5.32 Å². The molecule has 1 amide bonds. The number of aromatic nitrogens is 1. The number of nitrogens with zero attached hydrogens (tertiary/aromatic N) is 2. The standard InChI is InChI=1S/C17H21N3O5S/c1-12-14(15(21)19-11-13-4-3-7-18-10-13)17(25-16(12)22)5-8-20(9-6-17)26(2,23)24/h3-4,7,10H,5-6,8-9,11H2,1-2H3,(H,19,21). The summed E-state index contributed by atoms with van der Waals surface area (Å²) in [4.78, 5) is 28.9. The maximum atomic E-state index is 12.8. The lowest BCUT2D eigenvalue weighted by atomic mass is 9.83. The molecule has 26 heavy (non-hydrogen) atoms. The number of carbonyl (C=O) groups excluding carboxylic acids is 2. The van der Waals surface area contributed by atoms with E-state index in [9.17, 15) is 18.0 Å². The molecule has 1 aromatic rings. The van der Waals surface area contributed by atoms with Crippen LogP contribution in [0, 0.1) is 0 Å². The Morgan fingerprint density at radius 2 is 2.08 bits per heavy atom. The van der Waals surface area contributed by atoms with E-state index in [1.807, 2.05) is 6.07 Å². The van der Waals surface area contributed by atoms with Gasteiger partial charge in [-0.3, -0.25) is 9.78 Å². The van der Waals surface area contributed by atoms with Crippen molar-refractivity contribution < 1.29 is 22.7 Å². The van der Waals surface area contributed by atoms with Crippen molar-refractivity contribution in [3.8, 4) is 0 Å². The maximum Gasteiger partial charge on any atom is 0.335 e. The molecule has 1 N–H and O–H groups in total. The van der Waals surface area contributed by atoms with Crippen molar-refractivity contribution in [1.82, 2.24) is 14.6 Å². The fourth-order valence-corrected chi connectivity index (χ4v) is 4.28. The summed E-state index contributed by atoms with van der Waals surface area (Å²) in [6, 6.07) is 3.61. The lowest BCUT2D eigenvalue weighted by Gasteiger charge is -2.38. The van der Waals surface area contributed by atoms with Gasteiger partial charge in [-0.1, -0.05) is 6.07 Å². The third kappa shape index (κ3) is 3.49. The van der Waals surface area contributed by atoms with Crippen LogP contribution in [0.25, 0.3) is 0 Å². The number of amides is 1. The second kappa shape index (κ2) is 6.81. The number of rotatable bonds is 4. The number of carbonyl (C=O) groups is 2. The largest absolute Gasteiger partial charge is 0.450 e. The molecule has 0 aliphatic carbocycles. The topological polar surface area (TPSA) is 106 Å². The Bertz CT molecular complexity index is 856. The fraction of sp³-hybridized carbons (Fsp3) is 0.471. The molecule has 1 fully saturated rings. The zero-order valence-corrected chi connectivity index (χ0v) is 15.5. The first-order valence-electron chi connectivity index (χ1n) is 8.30. The highest BCUT2D eigenvalue weighted by Gasteiger charge is 2.51. The van der Waals surface area contributed by atoms with Gasteiger partial charge in [-0.25, -0.2) is 17.5 Å². The molecule has 0 atom stereocenters. The molecule has 2 aliphatic heterocycles. The summed E-state index contributed by atoms with van der Waals surface area (Å²) in [6.45, 7) is 2.26. The van der Waals surface area contributed by atoms with Gasteiger partial charge in [0.1, 0.15) is 5.60 Å². The van der Waals surface area contributed by atoms with E-state index in [0.29, 0.717) is 5.57 Å². The highest BCUT2D eigenvalue weighted by atomic mass is 32.2. The van der Waals surface area contributed by atoms with Crippen LogP contribution in [-0.4, -0.2) is 54.5 Å². The predicted octanol–water partition coefficient (Wildman–Crippen LogP) is 0.365. The predicted molar refractivity (Wildman–Crippen MR) is 93.3 cm³/mol. The molecule has 9 heteroatoms. The minimum absolute atomic E-state index is 0.207. The van der Waals surface area contributed by atoms with Crippen LogP contribution >= 0.6 is 0 Å². The van der Waals surface area contributed by atoms with Crippen molar-refractivity contribution in [2.45, 2.75) is 31.9 Å². The number of hydrogen-bond acceptors (Lipinski definition) is 6. The average molecular weight is 379 g/mol. The van der Waals surface area contributed by atoms with Gasteiger partial charge in [0.15, 0.2) is 0 Å². The van der Waals surface area contributed by atoms with E-state index < -0.39 is 21.6 Å². The SMILES string of the molecule is CC1=C(C(=O)NCc2cccnc2)C2(CCN(S(C)(=O)=O)CC2)OC1=O. The lowest BCUT2D eigenvalue weighted by Crippen LogP contribution is -2.50. The van der Waals surface area contributed by atoms with Crippen molar-refractivity contribution >= 4 is 21.9 Å². The molecule has 1 spiro atoms. The van der Waals surface area contributed by atoms with Gasteiger partial charge in [0, 0.05) is 50.4 Å². The van der Waals surface area contributed by atoms with Gasteiger partial charge < -0.3 is 10.1 Å². The number of sulfonamides is 1. The molecule has 0 bridgehead atoms. The number of esters is 1. The van der Waals surface area contributed by atoms with Gasteiger partial charge >= 0.3 is 5.97 Å². The molecule has 0 saturated carbocycles. The second-order valence-corrected chi connectivity index (χ2v) is 8.57. The van der Waals surface area contributed by atoms with Crippen molar-refractivity contribution in [2.75, 3.05) is 19.3 Å². The normalized spacial score (nSPS) is 20.3. The van der Waals surface area contributed by atoms with E-state index >= 15 is 0 Å². The summed E-state index contributed by atoms with van der Waals surface area (Å²) in [5.41, 5.74) is 0.368. The minimum Gasteiger partial charge on any atom is -0.450 e. The Kier molecular flexibility index (Phi) is 4.85. The van der Waals surface area contributed by atoms with Crippen LogP contribution in [0.15, 0.2) is 35.7 Å². The summed E-state index contributed by atoms with van der Waals surface area (Å²) >= 11 is 0. The maximum absolute atomic E-state index is 12.8. The van der Waals surface area contributed by atoms with E-state index in [2.05, 4.69) is 10.3 Å². The molecule has 1 aromatic heterocycles. The number of piperidine rings is 1. The van der Waals surface area contributed by atoms with E-state index in [1.54, 1.807) is 25.4 Å². The molecule has 0 radical (unpaired) electrons. The molecule has 140 valence electrons. The molecular weight excluding hydrogens is 358 g/mol. The minimum atomic E-state index is -3.31. The molecule has 3 rings (SSSR count). The summed E-state index contributed by atoms with van der Waals surface area (Å²) in [5.74, 6) is -0.894. The Morgan fingerprint density at radius 3 is 2.65 bits per heavy atom. The number of pyridine rings is 1. The third-order valence-electron chi connectivity index (χ3n) is 4.83. The molecular formula is C17H21N3O5S. The Hall–Kier alpha value is -2.26. The smallest absolute Gasteiger partial charge is 0.335 e. The number of ether oxygens (including phenoxy) is 1. The van der Waals surface area contributed by atoms with E-state index in [1.165, 1.54) is 4.31 Å². The first-order valence-corrected chi connectivity index (χ1v) is 10.1. The Labute approximate surface area is 152 Å². The number of nitrogens with one attached hydrogen (secondary N) is 1. The first kappa shape index (κ1) is 18.5. The molecule has 8 nitrogen and oxygen atoms in total. The summed E-state index contributed by atoms with van der Waals surface area (Å²) < 4.78 is 30.3. The van der Waals surface area contributed by atoms with E-state index in [-0.39, 0.29) is 44.0 Å². The van der Waals surface area contributed by atoms with Crippen LogP contribution in [0.2, 0.25) is 0 Å². The lowest BCUT2D eigenvalue weighted by molar-refractivity contribution is -0.150. The van der Waals surface area contributed by atoms with Crippen LogP contribution in [0.3, 0.4) is 0 Å². The van der Waals surface area contributed by atoms with Gasteiger partial charge in [0.05, 0.1) is 11.8 Å².